The predicted octanol–water partition coefficient (Wildman–Crippen LogP) is 3.23. The van der Waals surface area contributed by atoms with Crippen LogP contribution in [0, 0.1) is 6.92 Å². The highest BCUT2D eigenvalue weighted by molar-refractivity contribution is 7.86. The summed E-state index contributed by atoms with van der Waals surface area (Å²) < 4.78 is 40.2. The molecule has 0 atom stereocenters. The van der Waals surface area contributed by atoms with Crippen molar-refractivity contribution in [3.63, 3.8) is 0 Å². The Bertz CT molecular complexity index is 440. The molecular formula is C13H19FO3S. The molecular weight excluding hydrogens is 255 g/mol. The van der Waals surface area contributed by atoms with Gasteiger partial charge in [0.2, 0.25) is 0 Å². The molecule has 18 heavy (non-hydrogen) atoms. The number of rotatable bonds is 8. The standard InChI is InChI=1S/C13H19FO3S/c1-12-6-8-13(9-7-12)18(15,16)17-11-5-3-2-4-10-14/h6-9H,2-5,10-11H2,1H3. The Balaban J connectivity index is 2.38. The first kappa shape index (κ1) is 15.1. The van der Waals surface area contributed by atoms with Gasteiger partial charge in [0.25, 0.3) is 10.1 Å². The average Bonchev–Trinajstić information content (AvgIpc) is 2.34. The molecule has 0 radical (unpaired) electrons. The zero-order valence-electron chi connectivity index (χ0n) is 10.6. The summed E-state index contributed by atoms with van der Waals surface area (Å²) >= 11 is 0. The number of hydrogen-bond donors (Lipinski definition) is 0. The van der Waals surface area contributed by atoms with Crippen molar-refractivity contribution in [1.82, 2.24) is 0 Å². The zero-order chi connectivity index (χ0) is 13.4. The maximum atomic E-state index is 11.8. The van der Waals surface area contributed by atoms with E-state index in [0.717, 1.165) is 18.4 Å². The first-order valence-electron chi connectivity index (χ1n) is 6.08. The number of alkyl halides is 1. The van der Waals surface area contributed by atoms with Gasteiger partial charge >= 0.3 is 0 Å². The summed E-state index contributed by atoms with van der Waals surface area (Å²) in [4.78, 5) is 0.178. The van der Waals surface area contributed by atoms with Gasteiger partial charge in [-0.25, -0.2) is 0 Å². The Kier molecular flexibility index (Phi) is 6.29. The highest BCUT2D eigenvalue weighted by Crippen LogP contribution is 2.14. The average molecular weight is 274 g/mol. The van der Waals surface area contributed by atoms with E-state index in [1.165, 1.54) is 12.1 Å². The quantitative estimate of drug-likeness (QED) is 0.540. The first-order chi connectivity index (χ1) is 8.56. The summed E-state index contributed by atoms with van der Waals surface area (Å²) in [6.07, 6.45) is 2.72. The van der Waals surface area contributed by atoms with E-state index < -0.39 is 10.1 Å². The van der Waals surface area contributed by atoms with Crippen LogP contribution in [0.3, 0.4) is 0 Å². The van der Waals surface area contributed by atoms with E-state index in [1.807, 2.05) is 6.92 Å². The van der Waals surface area contributed by atoms with Crippen LogP contribution in [-0.2, 0) is 14.3 Å². The van der Waals surface area contributed by atoms with E-state index in [9.17, 15) is 12.8 Å². The van der Waals surface area contributed by atoms with Crippen LogP contribution in [-0.4, -0.2) is 21.7 Å². The monoisotopic (exact) mass is 274 g/mol. The SMILES string of the molecule is Cc1ccc(S(=O)(=O)OCCCCCCF)cc1. The van der Waals surface area contributed by atoms with E-state index in [4.69, 9.17) is 4.18 Å². The highest BCUT2D eigenvalue weighted by atomic mass is 32.2. The molecule has 1 aromatic rings. The summed E-state index contributed by atoms with van der Waals surface area (Å²) in [6.45, 7) is 1.73. The fourth-order valence-electron chi connectivity index (χ4n) is 1.49. The minimum atomic E-state index is -3.64. The molecule has 0 aliphatic rings. The van der Waals surface area contributed by atoms with Crippen LogP contribution in [0.1, 0.15) is 31.2 Å². The number of halogens is 1. The first-order valence-corrected chi connectivity index (χ1v) is 7.49. The van der Waals surface area contributed by atoms with E-state index >= 15 is 0 Å². The fraction of sp³-hybridized carbons (Fsp3) is 0.538. The summed E-state index contributed by atoms with van der Waals surface area (Å²) in [6, 6.07) is 6.54. The van der Waals surface area contributed by atoms with Gasteiger partial charge < -0.3 is 0 Å². The van der Waals surface area contributed by atoms with E-state index in [2.05, 4.69) is 0 Å². The molecule has 3 nitrogen and oxygen atoms in total. The maximum absolute atomic E-state index is 11.8. The molecule has 0 spiro atoms. The lowest BCUT2D eigenvalue weighted by molar-refractivity contribution is 0.305. The Morgan fingerprint density at radius 1 is 1.06 bits per heavy atom. The van der Waals surface area contributed by atoms with Crippen molar-refractivity contribution < 1.29 is 17.0 Å². The van der Waals surface area contributed by atoms with Gasteiger partial charge in [0, 0.05) is 0 Å². The summed E-state index contributed by atoms with van der Waals surface area (Å²) in [5.41, 5.74) is 1.00. The Hall–Kier alpha value is -0.940. The molecule has 0 N–H and O–H groups in total. The Morgan fingerprint density at radius 3 is 2.28 bits per heavy atom. The van der Waals surface area contributed by atoms with Gasteiger partial charge in [-0.1, -0.05) is 30.5 Å². The second kappa shape index (κ2) is 7.48. The van der Waals surface area contributed by atoms with Crippen molar-refractivity contribution in [3.8, 4) is 0 Å². The van der Waals surface area contributed by atoms with Crippen molar-refractivity contribution in [2.24, 2.45) is 0 Å². The molecule has 0 amide bonds. The largest absolute Gasteiger partial charge is 0.296 e. The van der Waals surface area contributed by atoms with Gasteiger partial charge in [0.05, 0.1) is 18.2 Å². The summed E-state index contributed by atoms with van der Waals surface area (Å²) in [5, 5.41) is 0. The molecule has 0 saturated heterocycles. The Labute approximate surface area is 108 Å². The molecule has 0 unspecified atom stereocenters. The molecule has 1 aromatic carbocycles. The molecule has 0 saturated carbocycles. The van der Waals surface area contributed by atoms with Gasteiger partial charge in [-0.3, -0.25) is 8.57 Å². The van der Waals surface area contributed by atoms with Crippen LogP contribution in [0.2, 0.25) is 0 Å². The lowest BCUT2D eigenvalue weighted by Gasteiger charge is -2.05. The summed E-state index contributed by atoms with van der Waals surface area (Å²) in [5.74, 6) is 0. The van der Waals surface area contributed by atoms with Crippen molar-refractivity contribution in [2.45, 2.75) is 37.5 Å². The maximum Gasteiger partial charge on any atom is 0.296 e. The molecule has 0 aromatic heterocycles. The topological polar surface area (TPSA) is 43.4 Å². The smallest absolute Gasteiger partial charge is 0.266 e. The lowest BCUT2D eigenvalue weighted by atomic mass is 10.2. The Morgan fingerprint density at radius 2 is 1.67 bits per heavy atom. The van der Waals surface area contributed by atoms with Gasteiger partial charge in [-0.05, 0) is 31.9 Å². The lowest BCUT2D eigenvalue weighted by Crippen LogP contribution is -2.07. The number of aryl methyl sites for hydroxylation is 1. The van der Waals surface area contributed by atoms with Crippen LogP contribution in [0.5, 0.6) is 0 Å². The van der Waals surface area contributed by atoms with Crippen LogP contribution in [0.25, 0.3) is 0 Å². The van der Waals surface area contributed by atoms with Crippen molar-refractivity contribution in [3.05, 3.63) is 29.8 Å². The van der Waals surface area contributed by atoms with Crippen LogP contribution in [0.15, 0.2) is 29.2 Å². The molecule has 102 valence electrons. The molecule has 1 rings (SSSR count). The third kappa shape index (κ3) is 5.14. The number of unbranched alkanes of at least 4 members (excludes halogenated alkanes) is 3. The van der Waals surface area contributed by atoms with Gasteiger partial charge in [-0.2, -0.15) is 8.42 Å². The summed E-state index contributed by atoms with van der Waals surface area (Å²) in [7, 11) is -3.64. The van der Waals surface area contributed by atoms with Crippen molar-refractivity contribution in [2.75, 3.05) is 13.3 Å². The van der Waals surface area contributed by atoms with Gasteiger partial charge in [0.15, 0.2) is 0 Å². The van der Waals surface area contributed by atoms with Crippen molar-refractivity contribution in [1.29, 1.82) is 0 Å². The van der Waals surface area contributed by atoms with Crippen LogP contribution in [0.4, 0.5) is 4.39 Å². The van der Waals surface area contributed by atoms with E-state index in [1.54, 1.807) is 12.1 Å². The van der Waals surface area contributed by atoms with Crippen molar-refractivity contribution >= 4 is 10.1 Å². The zero-order valence-corrected chi connectivity index (χ0v) is 11.4. The molecule has 0 fully saturated rings. The molecule has 0 heterocycles. The van der Waals surface area contributed by atoms with E-state index in [0.29, 0.717) is 12.8 Å². The molecule has 0 aliphatic heterocycles. The third-order valence-corrected chi connectivity index (χ3v) is 3.90. The second-order valence-corrected chi connectivity index (χ2v) is 5.81. The van der Waals surface area contributed by atoms with Crippen LogP contribution < -0.4 is 0 Å². The minimum absolute atomic E-state index is 0.155. The number of benzene rings is 1. The van der Waals surface area contributed by atoms with E-state index in [-0.39, 0.29) is 18.2 Å². The normalized spacial score (nSPS) is 11.7. The fourth-order valence-corrected chi connectivity index (χ4v) is 2.43. The predicted molar refractivity (Wildman–Crippen MR) is 68.8 cm³/mol. The van der Waals surface area contributed by atoms with Crippen LogP contribution >= 0.6 is 0 Å². The third-order valence-electron chi connectivity index (χ3n) is 2.58. The molecule has 0 bridgehead atoms. The highest BCUT2D eigenvalue weighted by Gasteiger charge is 2.13. The van der Waals surface area contributed by atoms with Gasteiger partial charge in [-0.15, -0.1) is 0 Å². The molecule has 0 aliphatic carbocycles. The number of hydrogen-bond acceptors (Lipinski definition) is 3. The minimum Gasteiger partial charge on any atom is -0.266 e. The second-order valence-electron chi connectivity index (χ2n) is 4.19. The van der Waals surface area contributed by atoms with Gasteiger partial charge in [0.1, 0.15) is 0 Å². The molecule has 5 heteroatoms.